The lowest BCUT2D eigenvalue weighted by Crippen LogP contribution is -2.25. The van der Waals surface area contributed by atoms with E-state index < -0.39 is 0 Å². The molecule has 0 aliphatic heterocycles. The highest BCUT2D eigenvalue weighted by Gasteiger charge is 1.82. The van der Waals surface area contributed by atoms with Crippen molar-refractivity contribution in [2.24, 2.45) is 5.73 Å². The molecule has 0 bridgehead atoms. The van der Waals surface area contributed by atoms with Gasteiger partial charge in [-0.15, -0.1) is 0 Å². The van der Waals surface area contributed by atoms with Crippen LogP contribution in [-0.2, 0) is 4.79 Å². The molecule has 0 atom stereocenters. The summed E-state index contributed by atoms with van der Waals surface area (Å²) in [5.41, 5.74) is 4.70. The third-order valence-corrected chi connectivity index (χ3v) is 0.851. The van der Waals surface area contributed by atoms with E-state index in [1.165, 1.54) is 12.8 Å². The maximum atomic E-state index is 9.76. The van der Waals surface area contributed by atoms with Crippen molar-refractivity contribution in [3.63, 3.8) is 0 Å². The molecular weight excluding hydrogens is 128 g/mol. The molecule has 0 radical (unpaired) electrons. The van der Waals surface area contributed by atoms with Crippen molar-refractivity contribution < 1.29 is 4.79 Å². The number of unbranched alkanes of at least 4 members (excludes halogenated alkanes) is 1. The van der Waals surface area contributed by atoms with Crippen molar-refractivity contribution >= 4 is 5.91 Å². The Balaban J connectivity index is 0. The fourth-order valence-electron chi connectivity index (χ4n) is 0.174. The molecule has 0 saturated heterocycles. The molecule has 0 aliphatic rings. The van der Waals surface area contributed by atoms with Gasteiger partial charge in [0.1, 0.15) is 0 Å². The molecule has 0 aromatic carbocycles. The van der Waals surface area contributed by atoms with Crippen molar-refractivity contribution in [2.45, 2.75) is 26.7 Å². The Morgan fingerprint density at radius 3 is 1.80 bits per heavy atom. The highest BCUT2D eigenvalue weighted by Crippen LogP contribution is 1.76. The van der Waals surface area contributed by atoms with Crippen LogP contribution in [0.1, 0.15) is 26.7 Å². The Morgan fingerprint density at radius 2 is 1.80 bits per heavy atom. The predicted molar refractivity (Wildman–Crippen MR) is 43.7 cm³/mol. The van der Waals surface area contributed by atoms with Crippen LogP contribution < -0.4 is 11.1 Å². The minimum Gasteiger partial charge on any atom is -0.369 e. The number of hydrogen-bond acceptors (Lipinski definition) is 2. The summed E-state index contributed by atoms with van der Waals surface area (Å²) in [7, 11) is 1.67. The van der Waals surface area contributed by atoms with Crippen LogP contribution >= 0.6 is 0 Å². The Labute approximate surface area is 63.0 Å². The van der Waals surface area contributed by atoms with Gasteiger partial charge in [0.15, 0.2) is 0 Å². The standard InChI is InChI=1S/C4H10.C3H8N2O/c1-3-4-2;1-5-2-3(4)6/h3-4H2,1-2H3;5H,2H2,1H3,(H2,4,6). The van der Waals surface area contributed by atoms with Gasteiger partial charge < -0.3 is 11.1 Å². The van der Waals surface area contributed by atoms with Gasteiger partial charge in [0.05, 0.1) is 6.54 Å². The molecule has 0 spiro atoms. The maximum absolute atomic E-state index is 9.76. The molecule has 62 valence electrons. The van der Waals surface area contributed by atoms with Crippen LogP contribution in [-0.4, -0.2) is 19.5 Å². The predicted octanol–water partition coefficient (Wildman–Crippen LogP) is 0.497. The molecule has 0 saturated carbocycles. The number of primary amides is 1. The highest BCUT2D eigenvalue weighted by atomic mass is 16.1. The van der Waals surface area contributed by atoms with E-state index in [9.17, 15) is 4.79 Å². The van der Waals surface area contributed by atoms with Gasteiger partial charge in [0.25, 0.3) is 0 Å². The van der Waals surface area contributed by atoms with E-state index in [0.29, 0.717) is 0 Å². The SMILES string of the molecule is CCCC.CNCC(N)=O. The third-order valence-electron chi connectivity index (χ3n) is 0.851. The van der Waals surface area contributed by atoms with Crippen molar-refractivity contribution in [1.82, 2.24) is 5.32 Å². The van der Waals surface area contributed by atoms with Gasteiger partial charge in [-0.05, 0) is 7.05 Å². The summed E-state index contributed by atoms with van der Waals surface area (Å²) in [4.78, 5) is 9.76. The molecule has 0 fully saturated rings. The number of carbonyl (C=O) groups excluding carboxylic acids is 1. The number of nitrogens with two attached hydrogens (primary N) is 1. The van der Waals surface area contributed by atoms with Gasteiger partial charge >= 0.3 is 0 Å². The average molecular weight is 146 g/mol. The second-order valence-electron chi connectivity index (χ2n) is 2.00. The summed E-state index contributed by atoms with van der Waals surface area (Å²) in [6.45, 7) is 4.62. The van der Waals surface area contributed by atoms with E-state index in [2.05, 4.69) is 19.2 Å². The summed E-state index contributed by atoms with van der Waals surface area (Å²) < 4.78 is 0. The van der Waals surface area contributed by atoms with Crippen LogP contribution in [0.25, 0.3) is 0 Å². The molecule has 0 rings (SSSR count). The van der Waals surface area contributed by atoms with Crippen molar-refractivity contribution in [3.8, 4) is 0 Å². The number of rotatable bonds is 3. The van der Waals surface area contributed by atoms with Gasteiger partial charge in [-0.1, -0.05) is 26.7 Å². The Kier molecular flexibility index (Phi) is 13.7. The van der Waals surface area contributed by atoms with E-state index in [1.54, 1.807) is 7.05 Å². The minimum absolute atomic E-state index is 0.264. The molecule has 0 aromatic rings. The number of amides is 1. The van der Waals surface area contributed by atoms with Gasteiger partial charge in [-0.3, -0.25) is 4.79 Å². The lowest BCUT2D eigenvalue weighted by atomic mass is 10.4. The number of likely N-dealkylation sites (N-methyl/N-ethyl adjacent to an activating group) is 1. The Bertz CT molecular complexity index is 72.0. The highest BCUT2D eigenvalue weighted by molar-refractivity contribution is 5.75. The van der Waals surface area contributed by atoms with Crippen LogP contribution in [0.4, 0.5) is 0 Å². The molecule has 3 N–H and O–H groups in total. The molecule has 0 unspecified atom stereocenters. The molecule has 0 aromatic heterocycles. The quantitative estimate of drug-likeness (QED) is 0.609. The number of carbonyl (C=O) groups is 1. The lowest BCUT2D eigenvalue weighted by molar-refractivity contribution is -0.117. The fraction of sp³-hybridized carbons (Fsp3) is 0.857. The molecular formula is C7H18N2O. The second kappa shape index (κ2) is 11.3. The molecule has 0 heterocycles. The first-order chi connectivity index (χ1) is 4.68. The topological polar surface area (TPSA) is 55.1 Å². The first kappa shape index (κ1) is 12.1. The van der Waals surface area contributed by atoms with Crippen LogP contribution in [0, 0.1) is 0 Å². The third kappa shape index (κ3) is 26.1. The van der Waals surface area contributed by atoms with E-state index in [0.717, 1.165) is 0 Å². The van der Waals surface area contributed by atoms with Crippen LogP contribution in [0.2, 0.25) is 0 Å². The van der Waals surface area contributed by atoms with Gasteiger partial charge in [0.2, 0.25) is 5.91 Å². The summed E-state index contributed by atoms with van der Waals surface area (Å²) in [6, 6.07) is 0. The van der Waals surface area contributed by atoms with E-state index in [4.69, 9.17) is 5.73 Å². The summed E-state index contributed by atoms with van der Waals surface area (Å²) in [6.07, 6.45) is 2.64. The van der Waals surface area contributed by atoms with Crippen molar-refractivity contribution in [2.75, 3.05) is 13.6 Å². The summed E-state index contributed by atoms with van der Waals surface area (Å²) in [5, 5.41) is 2.59. The molecule has 1 amide bonds. The molecule has 10 heavy (non-hydrogen) atoms. The van der Waals surface area contributed by atoms with E-state index in [-0.39, 0.29) is 12.5 Å². The zero-order valence-electron chi connectivity index (χ0n) is 7.11. The summed E-state index contributed by atoms with van der Waals surface area (Å²) >= 11 is 0. The normalized spacial score (nSPS) is 7.90. The first-order valence-electron chi connectivity index (χ1n) is 3.61. The molecule has 3 nitrogen and oxygen atoms in total. The molecule has 0 aliphatic carbocycles. The van der Waals surface area contributed by atoms with Crippen molar-refractivity contribution in [1.29, 1.82) is 0 Å². The lowest BCUT2D eigenvalue weighted by Gasteiger charge is -1.85. The van der Waals surface area contributed by atoms with Crippen molar-refractivity contribution in [3.05, 3.63) is 0 Å². The largest absolute Gasteiger partial charge is 0.369 e. The van der Waals surface area contributed by atoms with Gasteiger partial charge in [-0.25, -0.2) is 0 Å². The van der Waals surface area contributed by atoms with Gasteiger partial charge in [0, 0.05) is 0 Å². The molecule has 3 heteroatoms. The second-order valence-corrected chi connectivity index (χ2v) is 2.00. The van der Waals surface area contributed by atoms with E-state index in [1.807, 2.05) is 0 Å². The monoisotopic (exact) mass is 146 g/mol. The Morgan fingerprint density at radius 1 is 1.40 bits per heavy atom. The van der Waals surface area contributed by atoms with E-state index >= 15 is 0 Å². The van der Waals surface area contributed by atoms with Gasteiger partial charge in [-0.2, -0.15) is 0 Å². The first-order valence-corrected chi connectivity index (χ1v) is 3.61. The Hall–Kier alpha value is -0.570. The summed E-state index contributed by atoms with van der Waals surface area (Å²) in [5.74, 6) is -0.322. The van der Waals surface area contributed by atoms with Crippen LogP contribution in [0.5, 0.6) is 0 Å². The smallest absolute Gasteiger partial charge is 0.231 e. The van der Waals surface area contributed by atoms with Crippen LogP contribution in [0.15, 0.2) is 0 Å². The number of hydrogen-bond donors (Lipinski definition) is 2. The zero-order chi connectivity index (χ0) is 8.41. The number of nitrogens with one attached hydrogen (secondary N) is 1. The fourth-order valence-corrected chi connectivity index (χ4v) is 0.174. The average Bonchev–Trinajstić information content (AvgIpc) is 1.89. The zero-order valence-corrected chi connectivity index (χ0v) is 7.11. The van der Waals surface area contributed by atoms with Crippen LogP contribution in [0.3, 0.4) is 0 Å². The minimum atomic E-state index is -0.322. The maximum Gasteiger partial charge on any atom is 0.231 e.